The van der Waals surface area contributed by atoms with E-state index < -0.39 is 21.8 Å². The van der Waals surface area contributed by atoms with Crippen LogP contribution in [0.3, 0.4) is 0 Å². The predicted octanol–water partition coefficient (Wildman–Crippen LogP) is 11.6. The van der Waals surface area contributed by atoms with Gasteiger partial charge in [0.05, 0.1) is 18.1 Å². The molecule has 6 heteroatoms. The molecule has 4 rings (SSSR count). The van der Waals surface area contributed by atoms with E-state index in [9.17, 15) is 8.42 Å². The van der Waals surface area contributed by atoms with Crippen molar-refractivity contribution in [2.45, 2.75) is 120 Å². The second-order valence-electron chi connectivity index (χ2n) is 13.7. The first-order valence-corrected chi connectivity index (χ1v) is 20.7. The van der Waals surface area contributed by atoms with Crippen LogP contribution in [-0.4, -0.2) is 34.3 Å². The standard InChI is InChI=1S/C45H60O5S/c1-3-4-5-6-7-8-9-10-11-12-13-14-15-25-36-48-37-43(50-51(46,47)44-34-32-39(2)33-35-44)38-49-45(40-26-19-16-20-27-40,41-28-21-17-22-29-41)42-30-23-18-24-31-42/h16-24,26-35,43H,3-15,25,36-38H2,1-2H3. The van der Waals surface area contributed by atoms with Gasteiger partial charge in [0, 0.05) is 6.61 Å². The van der Waals surface area contributed by atoms with E-state index in [4.69, 9.17) is 13.7 Å². The molecule has 0 N–H and O–H groups in total. The van der Waals surface area contributed by atoms with Crippen molar-refractivity contribution in [3.05, 3.63) is 138 Å². The number of hydrogen-bond donors (Lipinski definition) is 0. The van der Waals surface area contributed by atoms with Crippen molar-refractivity contribution in [3.8, 4) is 0 Å². The zero-order chi connectivity index (χ0) is 36.0. The van der Waals surface area contributed by atoms with Gasteiger partial charge >= 0.3 is 0 Å². The molecule has 1 unspecified atom stereocenters. The van der Waals surface area contributed by atoms with E-state index in [1.165, 1.54) is 77.0 Å². The molecular weight excluding hydrogens is 653 g/mol. The fourth-order valence-corrected chi connectivity index (χ4v) is 7.69. The molecule has 0 heterocycles. The molecule has 0 aliphatic carbocycles. The van der Waals surface area contributed by atoms with E-state index in [0.29, 0.717) is 6.61 Å². The van der Waals surface area contributed by atoms with Crippen LogP contribution in [0.5, 0.6) is 0 Å². The summed E-state index contributed by atoms with van der Waals surface area (Å²) in [6.45, 7) is 4.83. The molecule has 4 aromatic carbocycles. The predicted molar refractivity (Wildman–Crippen MR) is 210 cm³/mol. The van der Waals surface area contributed by atoms with Crippen LogP contribution in [0.15, 0.2) is 120 Å². The molecule has 276 valence electrons. The van der Waals surface area contributed by atoms with Crippen molar-refractivity contribution < 1.29 is 22.1 Å². The minimum absolute atomic E-state index is 0.0114. The van der Waals surface area contributed by atoms with E-state index in [2.05, 4.69) is 6.92 Å². The van der Waals surface area contributed by atoms with Gasteiger partial charge in [0.25, 0.3) is 10.1 Å². The molecule has 0 bridgehead atoms. The molecule has 0 saturated carbocycles. The van der Waals surface area contributed by atoms with Gasteiger partial charge in [-0.15, -0.1) is 0 Å². The fourth-order valence-electron chi connectivity index (χ4n) is 6.64. The van der Waals surface area contributed by atoms with Gasteiger partial charge in [0.15, 0.2) is 0 Å². The van der Waals surface area contributed by atoms with Crippen LogP contribution >= 0.6 is 0 Å². The minimum Gasteiger partial charge on any atom is -0.379 e. The smallest absolute Gasteiger partial charge is 0.297 e. The summed E-state index contributed by atoms with van der Waals surface area (Å²) in [7, 11) is -4.07. The number of rotatable bonds is 26. The lowest BCUT2D eigenvalue weighted by molar-refractivity contribution is -0.0535. The Kier molecular flexibility index (Phi) is 17.9. The number of hydrogen-bond acceptors (Lipinski definition) is 5. The normalized spacial score (nSPS) is 12.6. The van der Waals surface area contributed by atoms with E-state index in [1.807, 2.05) is 97.9 Å². The van der Waals surface area contributed by atoms with Gasteiger partial charge < -0.3 is 9.47 Å². The third-order valence-electron chi connectivity index (χ3n) is 9.55. The summed E-state index contributed by atoms with van der Waals surface area (Å²) in [5.74, 6) is 0. The van der Waals surface area contributed by atoms with Crippen molar-refractivity contribution in [2.75, 3.05) is 19.8 Å². The van der Waals surface area contributed by atoms with Gasteiger partial charge in [-0.3, -0.25) is 4.18 Å². The van der Waals surface area contributed by atoms with Gasteiger partial charge in [-0.1, -0.05) is 199 Å². The van der Waals surface area contributed by atoms with Crippen LogP contribution in [0.4, 0.5) is 0 Å². The monoisotopic (exact) mass is 712 g/mol. The zero-order valence-electron chi connectivity index (χ0n) is 31.0. The van der Waals surface area contributed by atoms with E-state index in [1.54, 1.807) is 24.3 Å². The summed E-state index contributed by atoms with van der Waals surface area (Å²) in [6, 6.07) is 36.9. The van der Waals surface area contributed by atoms with Crippen LogP contribution in [-0.2, 0) is 29.4 Å². The highest BCUT2D eigenvalue weighted by Gasteiger charge is 2.39. The van der Waals surface area contributed by atoms with E-state index in [0.717, 1.165) is 35.1 Å². The summed E-state index contributed by atoms with van der Waals surface area (Å²) in [4.78, 5) is 0.116. The molecule has 0 aliphatic rings. The fraction of sp³-hybridized carbons (Fsp3) is 0.467. The molecule has 4 aromatic rings. The molecule has 5 nitrogen and oxygen atoms in total. The molecule has 0 radical (unpaired) electrons. The highest BCUT2D eigenvalue weighted by Crippen LogP contribution is 2.40. The topological polar surface area (TPSA) is 61.8 Å². The van der Waals surface area contributed by atoms with Gasteiger partial charge in [0.1, 0.15) is 11.7 Å². The first kappa shape index (κ1) is 40.5. The van der Waals surface area contributed by atoms with Gasteiger partial charge in [0.2, 0.25) is 0 Å². The number of aryl methyl sites for hydroxylation is 1. The maximum atomic E-state index is 13.5. The van der Waals surface area contributed by atoms with Crippen LogP contribution in [0.1, 0.15) is 119 Å². The summed E-state index contributed by atoms with van der Waals surface area (Å²) >= 11 is 0. The Hall–Kier alpha value is -3.29. The second kappa shape index (κ2) is 22.6. The zero-order valence-corrected chi connectivity index (χ0v) is 31.8. The SMILES string of the molecule is CCCCCCCCCCCCCCCCOCC(COC(c1ccccc1)(c1ccccc1)c1ccccc1)OS(=O)(=O)c1ccc(C)cc1. The summed E-state index contributed by atoms with van der Waals surface area (Å²) in [5.41, 5.74) is 2.78. The van der Waals surface area contributed by atoms with Crippen molar-refractivity contribution >= 4 is 10.1 Å². The molecule has 0 amide bonds. The Bertz CT molecular complexity index is 1480. The molecular formula is C45H60O5S. The van der Waals surface area contributed by atoms with Crippen LogP contribution in [0, 0.1) is 6.92 Å². The Morgan fingerprint density at radius 2 is 0.941 bits per heavy atom. The van der Waals surface area contributed by atoms with Crippen LogP contribution in [0.2, 0.25) is 0 Å². The lowest BCUT2D eigenvalue weighted by atomic mass is 9.80. The summed E-state index contributed by atoms with van der Waals surface area (Å²) < 4.78 is 46.0. The molecule has 0 aromatic heterocycles. The van der Waals surface area contributed by atoms with Crippen molar-refractivity contribution in [1.82, 2.24) is 0 Å². The Labute approximate surface area is 308 Å². The molecule has 0 fully saturated rings. The van der Waals surface area contributed by atoms with E-state index in [-0.39, 0.29) is 18.1 Å². The maximum absolute atomic E-state index is 13.5. The highest BCUT2D eigenvalue weighted by atomic mass is 32.2. The second-order valence-corrected chi connectivity index (χ2v) is 15.3. The molecule has 0 aliphatic heterocycles. The Morgan fingerprint density at radius 1 is 0.529 bits per heavy atom. The summed E-state index contributed by atoms with van der Waals surface area (Å²) in [6.07, 6.45) is 17.2. The average molecular weight is 713 g/mol. The molecule has 0 spiro atoms. The maximum Gasteiger partial charge on any atom is 0.297 e. The quantitative estimate of drug-likeness (QED) is 0.0368. The molecule has 0 saturated heterocycles. The molecule has 51 heavy (non-hydrogen) atoms. The molecule has 1 atom stereocenters. The van der Waals surface area contributed by atoms with Crippen molar-refractivity contribution in [1.29, 1.82) is 0 Å². The van der Waals surface area contributed by atoms with Crippen LogP contribution < -0.4 is 0 Å². The Balaban J connectivity index is 1.37. The lowest BCUT2D eigenvalue weighted by Crippen LogP contribution is -2.38. The van der Waals surface area contributed by atoms with E-state index >= 15 is 0 Å². The highest BCUT2D eigenvalue weighted by molar-refractivity contribution is 7.86. The number of benzene rings is 4. The third-order valence-corrected chi connectivity index (χ3v) is 10.9. The number of unbranched alkanes of at least 4 members (excludes halogenated alkanes) is 13. The first-order valence-electron chi connectivity index (χ1n) is 19.3. The van der Waals surface area contributed by atoms with Gasteiger partial charge in [-0.05, 0) is 42.2 Å². The van der Waals surface area contributed by atoms with Crippen LogP contribution in [0.25, 0.3) is 0 Å². The average Bonchev–Trinajstić information content (AvgIpc) is 3.16. The lowest BCUT2D eigenvalue weighted by Gasteiger charge is -2.37. The number of ether oxygens (including phenoxy) is 2. The third kappa shape index (κ3) is 13.3. The minimum atomic E-state index is -4.07. The summed E-state index contributed by atoms with van der Waals surface area (Å²) in [5, 5.41) is 0. The van der Waals surface area contributed by atoms with Gasteiger partial charge in [-0.25, -0.2) is 0 Å². The van der Waals surface area contributed by atoms with Crippen molar-refractivity contribution in [2.24, 2.45) is 0 Å². The van der Waals surface area contributed by atoms with Crippen molar-refractivity contribution in [3.63, 3.8) is 0 Å². The largest absolute Gasteiger partial charge is 0.379 e. The Morgan fingerprint density at radius 3 is 1.37 bits per heavy atom. The first-order chi connectivity index (χ1) is 25.0. The van der Waals surface area contributed by atoms with Gasteiger partial charge in [-0.2, -0.15) is 8.42 Å².